The van der Waals surface area contributed by atoms with Crippen LogP contribution in [-0.4, -0.2) is 9.97 Å². The lowest BCUT2D eigenvalue weighted by Crippen LogP contribution is -1.94. The first kappa shape index (κ1) is 10.4. The van der Waals surface area contributed by atoms with Crippen LogP contribution in [0.25, 0.3) is 5.57 Å². The minimum Gasteiger partial charge on any atom is -0.368 e. The van der Waals surface area contributed by atoms with Gasteiger partial charge in [-0.2, -0.15) is 0 Å². The lowest BCUT2D eigenvalue weighted by molar-refractivity contribution is 1.17. The summed E-state index contributed by atoms with van der Waals surface area (Å²) in [6.07, 6.45) is 10.7. The van der Waals surface area contributed by atoms with Crippen molar-refractivity contribution in [2.45, 2.75) is 20.3 Å². The van der Waals surface area contributed by atoms with E-state index in [9.17, 15) is 0 Å². The second-order valence-corrected chi connectivity index (χ2v) is 3.02. The van der Waals surface area contributed by atoms with Crippen molar-refractivity contribution in [3.05, 3.63) is 36.2 Å². The fourth-order valence-corrected chi connectivity index (χ4v) is 0.986. The SMILES string of the molecule is CC/C=C\C=C(/C)c1cnc(N)nc1. The van der Waals surface area contributed by atoms with Crippen molar-refractivity contribution >= 4 is 11.5 Å². The maximum atomic E-state index is 5.39. The van der Waals surface area contributed by atoms with Gasteiger partial charge in [0.1, 0.15) is 0 Å². The smallest absolute Gasteiger partial charge is 0.219 e. The van der Waals surface area contributed by atoms with E-state index in [0.717, 1.165) is 17.6 Å². The fraction of sp³-hybridized carbons (Fsp3) is 0.273. The molecule has 74 valence electrons. The maximum Gasteiger partial charge on any atom is 0.219 e. The molecule has 1 aromatic heterocycles. The van der Waals surface area contributed by atoms with E-state index >= 15 is 0 Å². The number of hydrogen-bond acceptors (Lipinski definition) is 3. The van der Waals surface area contributed by atoms with E-state index in [1.54, 1.807) is 12.4 Å². The second-order valence-electron chi connectivity index (χ2n) is 3.02. The number of nitrogen functional groups attached to an aromatic ring is 1. The number of hydrogen-bond donors (Lipinski definition) is 1. The molecule has 0 spiro atoms. The summed E-state index contributed by atoms with van der Waals surface area (Å²) >= 11 is 0. The second kappa shape index (κ2) is 5.17. The normalized spacial score (nSPS) is 12.3. The zero-order valence-corrected chi connectivity index (χ0v) is 8.57. The third-order valence-corrected chi connectivity index (χ3v) is 1.85. The monoisotopic (exact) mass is 189 g/mol. The predicted octanol–water partition coefficient (Wildman–Crippen LogP) is 2.43. The van der Waals surface area contributed by atoms with Crippen LogP contribution in [0.3, 0.4) is 0 Å². The van der Waals surface area contributed by atoms with Crippen LogP contribution in [0, 0.1) is 0 Å². The van der Waals surface area contributed by atoms with E-state index in [0.29, 0.717) is 5.95 Å². The molecule has 14 heavy (non-hydrogen) atoms. The van der Waals surface area contributed by atoms with E-state index in [1.807, 2.05) is 19.1 Å². The highest BCUT2D eigenvalue weighted by Gasteiger charge is 1.94. The molecule has 0 fully saturated rings. The predicted molar refractivity (Wildman–Crippen MR) is 59.5 cm³/mol. The van der Waals surface area contributed by atoms with Gasteiger partial charge in [0, 0.05) is 18.0 Å². The average molecular weight is 189 g/mol. The highest BCUT2D eigenvalue weighted by molar-refractivity contribution is 5.63. The highest BCUT2D eigenvalue weighted by Crippen LogP contribution is 2.11. The van der Waals surface area contributed by atoms with Crippen LogP contribution in [0.5, 0.6) is 0 Å². The van der Waals surface area contributed by atoms with Gasteiger partial charge in [-0.05, 0) is 18.9 Å². The van der Waals surface area contributed by atoms with Crippen molar-refractivity contribution in [2.24, 2.45) is 0 Å². The van der Waals surface area contributed by atoms with E-state index < -0.39 is 0 Å². The van der Waals surface area contributed by atoms with Crippen LogP contribution in [0.1, 0.15) is 25.8 Å². The molecular formula is C11H15N3. The summed E-state index contributed by atoms with van der Waals surface area (Å²) in [6.45, 7) is 4.13. The van der Waals surface area contributed by atoms with Crippen molar-refractivity contribution in [3.8, 4) is 0 Å². The first-order chi connectivity index (χ1) is 6.74. The summed E-state index contributed by atoms with van der Waals surface area (Å²) in [4.78, 5) is 7.86. The number of rotatable bonds is 3. The van der Waals surface area contributed by atoms with Crippen molar-refractivity contribution in [2.75, 3.05) is 5.73 Å². The fourth-order valence-electron chi connectivity index (χ4n) is 0.986. The third-order valence-electron chi connectivity index (χ3n) is 1.85. The molecule has 0 unspecified atom stereocenters. The van der Waals surface area contributed by atoms with Gasteiger partial charge in [0.15, 0.2) is 0 Å². The third kappa shape index (κ3) is 3.01. The molecule has 0 saturated heterocycles. The molecule has 0 radical (unpaired) electrons. The average Bonchev–Trinajstić information content (AvgIpc) is 2.19. The molecular weight excluding hydrogens is 174 g/mol. The summed E-state index contributed by atoms with van der Waals surface area (Å²) in [6, 6.07) is 0. The number of nitrogens with zero attached hydrogens (tertiary/aromatic N) is 2. The van der Waals surface area contributed by atoms with Crippen LogP contribution in [-0.2, 0) is 0 Å². The lowest BCUT2D eigenvalue weighted by Gasteiger charge is -1.98. The van der Waals surface area contributed by atoms with Gasteiger partial charge < -0.3 is 5.73 Å². The molecule has 0 bridgehead atoms. The van der Waals surface area contributed by atoms with Crippen LogP contribution in [0.4, 0.5) is 5.95 Å². The van der Waals surface area contributed by atoms with Crippen LogP contribution in [0.15, 0.2) is 30.6 Å². The minimum absolute atomic E-state index is 0.311. The zero-order valence-electron chi connectivity index (χ0n) is 8.57. The molecule has 0 amide bonds. The Balaban J connectivity index is 2.78. The van der Waals surface area contributed by atoms with Gasteiger partial charge in [0.05, 0.1) is 0 Å². The number of allylic oxidation sites excluding steroid dienone is 4. The van der Waals surface area contributed by atoms with E-state index in [2.05, 4.69) is 23.0 Å². The Morgan fingerprint density at radius 2 is 2.07 bits per heavy atom. The van der Waals surface area contributed by atoms with Crippen molar-refractivity contribution in [3.63, 3.8) is 0 Å². The molecule has 1 heterocycles. The molecule has 1 aromatic rings. The van der Waals surface area contributed by atoms with Gasteiger partial charge in [0.25, 0.3) is 0 Å². The molecule has 0 aliphatic carbocycles. The van der Waals surface area contributed by atoms with Gasteiger partial charge in [-0.25, -0.2) is 9.97 Å². The summed E-state index contributed by atoms with van der Waals surface area (Å²) < 4.78 is 0. The Kier molecular flexibility index (Phi) is 3.85. The van der Waals surface area contributed by atoms with Gasteiger partial charge >= 0.3 is 0 Å². The van der Waals surface area contributed by atoms with Crippen LogP contribution in [0.2, 0.25) is 0 Å². The number of nitrogens with two attached hydrogens (primary N) is 1. The molecule has 0 atom stereocenters. The Morgan fingerprint density at radius 3 is 2.64 bits per heavy atom. The first-order valence-corrected chi connectivity index (χ1v) is 4.65. The Hall–Kier alpha value is -1.64. The molecule has 1 rings (SSSR count). The molecule has 3 heteroatoms. The topological polar surface area (TPSA) is 51.8 Å². The van der Waals surface area contributed by atoms with Crippen molar-refractivity contribution < 1.29 is 0 Å². The number of anilines is 1. The summed E-state index contributed by atoms with van der Waals surface area (Å²) in [5.41, 5.74) is 7.53. The molecule has 0 aliphatic heterocycles. The summed E-state index contributed by atoms with van der Waals surface area (Å²) in [5.74, 6) is 0.311. The largest absolute Gasteiger partial charge is 0.368 e. The van der Waals surface area contributed by atoms with Gasteiger partial charge in [-0.1, -0.05) is 25.2 Å². The van der Waals surface area contributed by atoms with E-state index in [1.165, 1.54) is 0 Å². The van der Waals surface area contributed by atoms with Crippen molar-refractivity contribution in [1.29, 1.82) is 0 Å². The Labute approximate surface area is 84.4 Å². The van der Waals surface area contributed by atoms with Crippen LogP contribution >= 0.6 is 0 Å². The van der Waals surface area contributed by atoms with Gasteiger partial charge in [0.2, 0.25) is 5.95 Å². The van der Waals surface area contributed by atoms with E-state index in [-0.39, 0.29) is 0 Å². The van der Waals surface area contributed by atoms with Crippen LogP contribution < -0.4 is 5.73 Å². The maximum absolute atomic E-state index is 5.39. The highest BCUT2D eigenvalue weighted by atomic mass is 15.0. The Bertz CT molecular complexity index is 336. The standard InChI is InChI=1S/C11H15N3/c1-3-4-5-6-9(2)10-7-13-11(12)14-8-10/h4-8H,3H2,1-2H3,(H2,12,13,14)/b5-4-,9-6+. The molecule has 3 nitrogen and oxygen atoms in total. The van der Waals surface area contributed by atoms with E-state index in [4.69, 9.17) is 5.73 Å². The molecule has 2 N–H and O–H groups in total. The Morgan fingerprint density at radius 1 is 1.43 bits per heavy atom. The lowest BCUT2D eigenvalue weighted by atomic mass is 10.1. The minimum atomic E-state index is 0.311. The van der Waals surface area contributed by atoms with Gasteiger partial charge in [-0.15, -0.1) is 0 Å². The molecule has 0 aliphatic rings. The number of aromatic nitrogens is 2. The molecule has 0 saturated carbocycles. The van der Waals surface area contributed by atoms with Crippen molar-refractivity contribution in [1.82, 2.24) is 9.97 Å². The molecule has 0 aromatic carbocycles. The summed E-state index contributed by atoms with van der Waals surface area (Å²) in [5, 5.41) is 0. The quantitative estimate of drug-likeness (QED) is 0.743. The van der Waals surface area contributed by atoms with Gasteiger partial charge in [-0.3, -0.25) is 0 Å². The zero-order chi connectivity index (χ0) is 10.4. The first-order valence-electron chi connectivity index (χ1n) is 4.65. The summed E-state index contributed by atoms with van der Waals surface area (Å²) in [7, 11) is 0.